The van der Waals surface area contributed by atoms with Crippen LogP contribution in [0.5, 0.6) is 0 Å². The molecule has 1 aliphatic heterocycles. The Morgan fingerprint density at radius 3 is 2.81 bits per heavy atom. The van der Waals surface area contributed by atoms with Crippen molar-refractivity contribution in [2.24, 2.45) is 0 Å². The minimum absolute atomic E-state index is 0.0260. The molecule has 6 nitrogen and oxygen atoms in total. The van der Waals surface area contributed by atoms with Gasteiger partial charge in [-0.1, -0.05) is 36.4 Å². The molecule has 31 heavy (non-hydrogen) atoms. The number of benzene rings is 2. The Morgan fingerprint density at radius 1 is 1.06 bits per heavy atom. The highest BCUT2D eigenvalue weighted by Crippen LogP contribution is 2.32. The van der Waals surface area contributed by atoms with Gasteiger partial charge in [0.05, 0.1) is 28.4 Å². The second-order valence-electron chi connectivity index (χ2n) is 7.41. The summed E-state index contributed by atoms with van der Waals surface area (Å²) in [6, 6.07) is 19.3. The van der Waals surface area contributed by atoms with Crippen LogP contribution in [0.4, 0.5) is 5.82 Å². The summed E-state index contributed by atoms with van der Waals surface area (Å²) < 4.78 is 8.27. The van der Waals surface area contributed by atoms with E-state index < -0.39 is 6.04 Å². The Bertz CT molecular complexity index is 1410. The zero-order chi connectivity index (χ0) is 20.8. The molecule has 4 heterocycles. The fraction of sp³-hybridized carbons (Fsp3) is 0.0833. The second kappa shape index (κ2) is 7.14. The first-order valence-corrected chi connectivity index (χ1v) is 10.8. The maximum Gasteiger partial charge on any atom is 0.359 e. The number of rotatable bonds is 4. The predicted molar refractivity (Wildman–Crippen MR) is 119 cm³/mol. The number of furan rings is 1. The molecule has 0 saturated carbocycles. The van der Waals surface area contributed by atoms with E-state index in [-0.39, 0.29) is 5.91 Å². The average Bonchev–Trinajstić information content (AvgIpc) is 3.55. The minimum atomic E-state index is -0.416. The van der Waals surface area contributed by atoms with Crippen LogP contribution in [0.3, 0.4) is 0 Å². The van der Waals surface area contributed by atoms with Gasteiger partial charge in [0.15, 0.2) is 5.69 Å². The van der Waals surface area contributed by atoms with Gasteiger partial charge in [-0.3, -0.25) is 5.32 Å². The molecular weight excluding hydrogens is 408 g/mol. The van der Waals surface area contributed by atoms with Crippen LogP contribution in [-0.4, -0.2) is 21.9 Å². The highest BCUT2D eigenvalue weighted by atomic mass is 32.1. The van der Waals surface area contributed by atoms with E-state index in [0.29, 0.717) is 12.2 Å². The Labute approximate surface area is 181 Å². The van der Waals surface area contributed by atoms with Gasteiger partial charge < -0.3 is 4.42 Å². The third-order valence-electron chi connectivity index (χ3n) is 5.45. The normalized spacial score (nSPS) is 15.2. The first kappa shape index (κ1) is 18.0. The molecule has 1 N–H and O–H groups in total. The van der Waals surface area contributed by atoms with Crippen molar-refractivity contribution in [2.45, 2.75) is 12.5 Å². The molecule has 6 rings (SSSR count). The Balaban J connectivity index is 1.51. The Morgan fingerprint density at radius 2 is 1.97 bits per heavy atom. The lowest BCUT2D eigenvalue weighted by Gasteiger charge is -2.07. The van der Waals surface area contributed by atoms with E-state index in [1.54, 1.807) is 22.2 Å². The molecule has 3 aromatic heterocycles. The van der Waals surface area contributed by atoms with Crippen LogP contribution in [0.15, 0.2) is 83.1 Å². The monoisotopic (exact) mass is 425 g/mol. The van der Waals surface area contributed by atoms with Gasteiger partial charge in [0.2, 0.25) is 6.04 Å². The highest BCUT2D eigenvalue weighted by molar-refractivity contribution is 7.16. The maximum atomic E-state index is 13.3. The minimum Gasteiger partial charge on any atom is -0.469 e. The number of aromatic nitrogens is 3. The van der Waals surface area contributed by atoms with E-state index in [9.17, 15) is 4.79 Å². The van der Waals surface area contributed by atoms with Crippen LogP contribution >= 0.6 is 11.3 Å². The molecule has 1 atom stereocenters. The van der Waals surface area contributed by atoms with E-state index in [0.717, 1.165) is 38.5 Å². The highest BCUT2D eigenvalue weighted by Gasteiger charge is 2.42. The Hall–Kier alpha value is -3.84. The van der Waals surface area contributed by atoms with Crippen molar-refractivity contribution in [2.75, 3.05) is 5.32 Å². The number of nitrogens with one attached hydrogen (secondary N) is 1. The fourth-order valence-electron chi connectivity index (χ4n) is 3.93. The molecule has 0 amide bonds. The van der Waals surface area contributed by atoms with Crippen molar-refractivity contribution >= 4 is 33.3 Å². The van der Waals surface area contributed by atoms with Gasteiger partial charge in [-0.2, -0.15) is 4.57 Å². The number of carbonyl (C=O) groups is 1. The fourth-order valence-corrected chi connectivity index (χ4v) is 4.59. The van der Waals surface area contributed by atoms with Crippen LogP contribution in [0.25, 0.3) is 32.7 Å². The number of nitrogens with zero attached hydrogens (tertiary/aromatic N) is 3. The summed E-state index contributed by atoms with van der Waals surface area (Å²) >= 11 is 1.60. The van der Waals surface area contributed by atoms with Crippen LogP contribution < -0.4 is 9.88 Å². The van der Waals surface area contributed by atoms with Gasteiger partial charge in [-0.25, -0.2) is 14.8 Å². The lowest BCUT2D eigenvalue weighted by atomic mass is 10.1. The molecule has 0 fully saturated rings. The number of hydrogen-bond donors (Lipinski definition) is 1. The van der Waals surface area contributed by atoms with E-state index in [1.807, 2.05) is 72.4 Å². The van der Waals surface area contributed by atoms with Gasteiger partial charge in [0.1, 0.15) is 17.7 Å². The summed E-state index contributed by atoms with van der Waals surface area (Å²) in [4.78, 5) is 22.7. The van der Waals surface area contributed by atoms with Gasteiger partial charge in [0.25, 0.3) is 0 Å². The number of anilines is 1. The van der Waals surface area contributed by atoms with Crippen molar-refractivity contribution in [1.82, 2.24) is 9.97 Å². The van der Waals surface area contributed by atoms with E-state index in [1.165, 1.54) is 0 Å². The number of fused-ring (bicyclic) bond motifs is 2. The maximum absolute atomic E-state index is 13.3. The number of hydrogen-bond acceptors (Lipinski definition) is 6. The van der Waals surface area contributed by atoms with Crippen LogP contribution in [0, 0.1) is 0 Å². The zero-order valence-electron chi connectivity index (χ0n) is 16.4. The lowest BCUT2D eigenvalue weighted by molar-refractivity contribution is -0.551. The molecule has 0 aliphatic carbocycles. The standard InChI is InChI=1S/C24H16N4O2S/c29-24-19(12-17-7-4-10-30-17)27-23-22(16-8-9-21-18(11-16)25-14-31-21)26-20(13-28(23)24)15-5-2-1-3-6-15/h1-11,13-14,19H,12H2/p+1. The summed E-state index contributed by atoms with van der Waals surface area (Å²) in [7, 11) is 0. The zero-order valence-corrected chi connectivity index (χ0v) is 17.2. The quantitative estimate of drug-likeness (QED) is 0.427. The summed E-state index contributed by atoms with van der Waals surface area (Å²) in [6.45, 7) is 0. The molecule has 2 aromatic carbocycles. The van der Waals surface area contributed by atoms with Crippen molar-refractivity contribution in [1.29, 1.82) is 0 Å². The van der Waals surface area contributed by atoms with E-state index >= 15 is 0 Å². The molecule has 7 heteroatoms. The lowest BCUT2D eigenvalue weighted by Crippen LogP contribution is -2.43. The Kier molecular flexibility index (Phi) is 4.14. The third kappa shape index (κ3) is 3.10. The van der Waals surface area contributed by atoms with Crippen molar-refractivity contribution < 1.29 is 13.8 Å². The molecule has 0 bridgehead atoms. The smallest absolute Gasteiger partial charge is 0.359 e. The molecule has 0 spiro atoms. The first-order valence-electron chi connectivity index (χ1n) is 9.95. The first-order chi connectivity index (χ1) is 15.3. The molecule has 5 aromatic rings. The second-order valence-corrected chi connectivity index (χ2v) is 8.30. The van der Waals surface area contributed by atoms with Crippen molar-refractivity contribution in [3.05, 3.63) is 84.4 Å². The topological polar surface area (TPSA) is 71.9 Å². The van der Waals surface area contributed by atoms with Crippen molar-refractivity contribution in [3.8, 4) is 22.5 Å². The van der Waals surface area contributed by atoms with Gasteiger partial charge in [-0.05, 0) is 24.3 Å². The van der Waals surface area contributed by atoms with E-state index in [2.05, 4.69) is 10.3 Å². The number of carbonyl (C=O) groups excluding carboxylic acids is 1. The van der Waals surface area contributed by atoms with Crippen LogP contribution in [0.1, 0.15) is 10.6 Å². The molecule has 0 saturated heterocycles. The molecule has 1 aliphatic rings. The summed E-state index contributed by atoms with van der Waals surface area (Å²) in [5.74, 6) is 1.43. The molecular formula is C24H17N4O2S+. The van der Waals surface area contributed by atoms with Gasteiger partial charge >= 0.3 is 11.7 Å². The largest absolute Gasteiger partial charge is 0.469 e. The third-order valence-corrected chi connectivity index (χ3v) is 6.26. The average molecular weight is 425 g/mol. The van der Waals surface area contributed by atoms with Gasteiger partial charge in [-0.15, -0.1) is 11.3 Å². The van der Waals surface area contributed by atoms with E-state index in [4.69, 9.17) is 9.40 Å². The molecule has 0 radical (unpaired) electrons. The SMILES string of the molecule is O=C1C(Cc2ccco2)Nc2c(-c3ccc4scnc4c3)nc(-c3ccccc3)c[n+]21. The van der Waals surface area contributed by atoms with Gasteiger partial charge in [0, 0.05) is 11.1 Å². The van der Waals surface area contributed by atoms with Crippen LogP contribution in [-0.2, 0) is 6.42 Å². The van der Waals surface area contributed by atoms with Crippen LogP contribution in [0.2, 0.25) is 0 Å². The molecule has 1 unspecified atom stereocenters. The van der Waals surface area contributed by atoms with Crippen molar-refractivity contribution in [3.63, 3.8) is 0 Å². The molecule has 150 valence electrons. The predicted octanol–water partition coefficient (Wildman–Crippen LogP) is 4.58. The summed E-state index contributed by atoms with van der Waals surface area (Å²) in [5.41, 5.74) is 6.10. The number of thiazole rings is 1. The summed E-state index contributed by atoms with van der Waals surface area (Å²) in [6.07, 6.45) is 3.91. The summed E-state index contributed by atoms with van der Waals surface area (Å²) in [5, 5.41) is 3.38.